The van der Waals surface area contributed by atoms with Crippen molar-refractivity contribution in [2.45, 2.75) is 19.8 Å². The molecule has 0 radical (unpaired) electrons. The number of morpholine rings is 1. The maximum atomic E-state index is 12.5. The number of anilines is 1. The largest absolute Gasteiger partial charge is 0.462 e. The van der Waals surface area contributed by atoms with E-state index in [4.69, 9.17) is 9.47 Å². The van der Waals surface area contributed by atoms with E-state index in [1.807, 2.05) is 4.90 Å². The molecule has 0 spiro atoms. The summed E-state index contributed by atoms with van der Waals surface area (Å²) < 4.78 is 10.4. The maximum absolute atomic E-state index is 12.5. The van der Waals surface area contributed by atoms with Crippen molar-refractivity contribution in [3.05, 3.63) is 29.8 Å². The van der Waals surface area contributed by atoms with Gasteiger partial charge in [-0.1, -0.05) is 0 Å². The van der Waals surface area contributed by atoms with Crippen LogP contribution in [0.4, 0.5) is 10.5 Å². The lowest BCUT2D eigenvalue weighted by Gasteiger charge is -2.36. The molecule has 1 N–H and O–H groups in total. The molecule has 2 heterocycles. The molecule has 0 aliphatic carbocycles. The highest BCUT2D eigenvalue weighted by Crippen LogP contribution is 2.20. The number of esters is 1. The number of nitrogens with zero attached hydrogens (tertiary/aromatic N) is 2. The van der Waals surface area contributed by atoms with Crippen LogP contribution in [0.2, 0.25) is 0 Å². The van der Waals surface area contributed by atoms with Crippen molar-refractivity contribution >= 4 is 17.7 Å². The fourth-order valence-electron chi connectivity index (χ4n) is 3.57. The number of benzene rings is 1. The van der Waals surface area contributed by atoms with Gasteiger partial charge in [0.1, 0.15) is 0 Å². The standard InChI is InChI=1S/C20H29N3O4/c1-2-27-19(24)17-3-5-18(6-4-17)21-20(25)23-9-7-16(8-10-23)15-22-11-13-26-14-12-22/h3-6,16H,2,7-15H2,1H3,(H,21,25). The van der Waals surface area contributed by atoms with Gasteiger partial charge >= 0.3 is 12.0 Å². The van der Waals surface area contributed by atoms with Crippen LogP contribution in [-0.4, -0.2) is 74.3 Å². The maximum Gasteiger partial charge on any atom is 0.338 e. The van der Waals surface area contributed by atoms with Crippen LogP contribution >= 0.6 is 0 Å². The van der Waals surface area contributed by atoms with E-state index in [1.165, 1.54) is 0 Å². The normalized spacial score (nSPS) is 18.9. The molecule has 1 aromatic carbocycles. The molecule has 2 amide bonds. The first kappa shape index (κ1) is 19.6. The molecule has 27 heavy (non-hydrogen) atoms. The van der Waals surface area contributed by atoms with Crippen LogP contribution in [0.5, 0.6) is 0 Å². The van der Waals surface area contributed by atoms with Gasteiger partial charge in [0, 0.05) is 38.4 Å². The lowest BCUT2D eigenvalue weighted by atomic mass is 9.96. The Hall–Kier alpha value is -2.12. The first-order chi connectivity index (χ1) is 13.2. The Labute approximate surface area is 160 Å². The predicted octanol–water partition coefficient (Wildman–Crippen LogP) is 2.44. The molecule has 7 nitrogen and oxygen atoms in total. The third-order valence-electron chi connectivity index (χ3n) is 5.17. The summed E-state index contributed by atoms with van der Waals surface area (Å²) in [5.74, 6) is 0.300. The minimum absolute atomic E-state index is 0.0799. The zero-order chi connectivity index (χ0) is 19.1. The van der Waals surface area contributed by atoms with E-state index in [9.17, 15) is 9.59 Å². The second kappa shape index (κ2) is 9.71. The molecule has 0 saturated carbocycles. The minimum atomic E-state index is -0.349. The van der Waals surface area contributed by atoms with E-state index in [0.717, 1.165) is 58.8 Å². The number of hydrogen-bond acceptors (Lipinski definition) is 5. The molecule has 2 fully saturated rings. The number of amides is 2. The average Bonchev–Trinajstić information content (AvgIpc) is 2.70. The molecule has 2 aliphatic heterocycles. The van der Waals surface area contributed by atoms with Gasteiger partial charge in [0.05, 0.1) is 25.4 Å². The first-order valence-corrected chi connectivity index (χ1v) is 9.79. The number of carbonyl (C=O) groups excluding carboxylic acids is 2. The highest BCUT2D eigenvalue weighted by Gasteiger charge is 2.25. The highest BCUT2D eigenvalue weighted by molar-refractivity contribution is 5.92. The third-order valence-corrected chi connectivity index (χ3v) is 5.17. The molecular weight excluding hydrogens is 346 g/mol. The summed E-state index contributed by atoms with van der Waals surface area (Å²) in [7, 11) is 0. The summed E-state index contributed by atoms with van der Waals surface area (Å²) in [5, 5.41) is 2.91. The van der Waals surface area contributed by atoms with Crippen LogP contribution in [0.1, 0.15) is 30.1 Å². The van der Waals surface area contributed by atoms with Gasteiger partial charge in [0.15, 0.2) is 0 Å². The number of piperidine rings is 1. The van der Waals surface area contributed by atoms with E-state index in [1.54, 1.807) is 31.2 Å². The van der Waals surface area contributed by atoms with Gasteiger partial charge in [-0.05, 0) is 49.9 Å². The summed E-state index contributed by atoms with van der Waals surface area (Å²) in [6, 6.07) is 6.72. The highest BCUT2D eigenvalue weighted by atomic mass is 16.5. The Morgan fingerprint density at radius 2 is 1.78 bits per heavy atom. The van der Waals surface area contributed by atoms with E-state index >= 15 is 0 Å². The molecule has 2 aliphatic rings. The number of likely N-dealkylation sites (tertiary alicyclic amines) is 1. The summed E-state index contributed by atoms with van der Waals surface area (Å²) in [6.45, 7) is 8.48. The fourth-order valence-corrected chi connectivity index (χ4v) is 3.57. The number of urea groups is 1. The van der Waals surface area contributed by atoms with Gasteiger partial charge in [-0.3, -0.25) is 4.90 Å². The lowest BCUT2D eigenvalue weighted by Crippen LogP contribution is -2.45. The second-order valence-corrected chi connectivity index (χ2v) is 7.07. The molecule has 7 heteroatoms. The minimum Gasteiger partial charge on any atom is -0.462 e. The van der Waals surface area contributed by atoms with Crippen molar-refractivity contribution in [3.8, 4) is 0 Å². The van der Waals surface area contributed by atoms with E-state index in [-0.39, 0.29) is 12.0 Å². The molecule has 1 aromatic rings. The topological polar surface area (TPSA) is 71.1 Å². The van der Waals surface area contributed by atoms with E-state index < -0.39 is 0 Å². The Morgan fingerprint density at radius 1 is 1.11 bits per heavy atom. The van der Waals surface area contributed by atoms with Crippen LogP contribution in [0.3, 0.4) is 0 Å². The molecule has 0 bridgehead atoms. The van der Waals surface area contributed by atoms with Crippen molar-refractivity contribution in [2.75, 3.05) is 57.9 Å². The molecule has 0 aromatic heterocycles. The van der Waals surface area contributed by atoms with Crippen LogP contribution < -0.4 is 5.32 Å². The van der Waals surface area contributed by atoms with Crippen molar-refractivity contribution in [1.82, 2.24) is 9.80 Å². The monoisotopic (exact) mass is 375 g/mol. The molecule has 3 rings (SSSR count). The number of carbonyl (C=O) groups is 2. The molecule has 2 saturated heterocycles. The lowest BCUT2D eigenvalue weighted by molar-refractivity contribution is 0.0260. The van der Waals surface area contributed by atoms with Gasteiger partial charge in [-0.25, -0.2) is 9.59 Å². The number of hydrogen-bond donors (Lipinski definition) is 1. The Kier molecular flexibility index (Phi) is 7.06. The smallest absolute Gasteiger partial charge is 0.338 e. The number of ether oxygens (including phenoxy) is 2. The van der Waals surface area contributed by atoms with Gasteiger partial charge in [0.2, 0.25) is 0 Å². The second-order valence-electron chi connectivity index (χ2n) is 7.07. The van der Waals surface area contributed by atoms with Gasteiger partial charge < -0.3 is 19.7 Å². The first-order valence-electron chi connectivity index (χ1n) is 9.79. The molecule has 0 unspecified atom stereocenters. The van der Waals surface area contributed by atoms with Crippen LogP contribution in [-0.2, 0) is 9.47 Å². The van der Waals surface area contributed by atoms with Crippen molar-refractivity contribution in [3.63, 3.8) is 0 Å². The Morgan fingerprint density at radius 3 is 2.41 bits per heavy atom. The summed E-state index contributed by atoms with van der Waals surface area (Å²) in [4.78, 5) is 28.5. The van der Waals surface area contributed by atoms with Crippen LogP contribution in [0.25, 0.3) is 0 Å². The van der Waals surface area contributed by atoms with Crippen LogP contribution in [0, 0.1) is 5.92 Å². The van der Waals surface area contributed by atoms with Gasteiger partial charge in [0.25, 0.3) is 0 Å². The fraction of sp³-hybridized carbons (Fsp3) is 0.600. The summed E-state index contributed by atoms with van der Waals surface area (Å²) in [6.07, 6.45) is 2.07. The zero-order valence-corrected chi connectivity index (χ0v) is 16.0. The number of nitrogens with one attached hydrogen (secondary N) is 1. The van der Waals surface area contributed by atoms with Gasteiger partial charge in [-0.2, -0.15) is 0 Å². The summed E-state index contributed by atoms with van der Waals surface area (Å²) >= 11 is 0. The zero-order valence-electron chi connectivity index (χ0n) is 16.0. The quantitative estimate of drug-likeness (QED) is 0.801. The SMILES string of the molecule is CCOC(=O)c1ccc(NC(=O)N2CCC(CN3CCOCC3)CC2)cc1. The number of rotatable bonds is 5. The Balaban J connectivity index is 1.43. The van der Waals surface area contributed by atoms with Crippen molar-refractivity contribution in [1.29, 1.82) is 0 Å². The third kappa shape index (κ3) is 5.68. The van der Waals surface area contributed by atoms with E-state index in [2.05, 4.69) is 10.2 Å². The molecule has 0 atom stereocenters. The average molecular weight is 375 g/mol. The van der Waals surface area contributed by atoms with Gasteiger partial charge in [-0.15, -0.1) is 0 Å². The molecular formula is C20H29N3O4. The summed E-state index contributed by atoms with van der Waals surface area (Å²) in [5.41, 5.74) is 1.17. The van der Waals surface area contributed by atoms with Crippen molar-refractivity contribution in [2.24, 2.45) is 5.92 Å². The van der Waals surface area contributed by atoms with Crippen molar-refractivity contribution < 1.29 is 19.1 Å². The van der Waals surface area contributed by atoms with Crippen LogP contribution in [0.15, 0.2) is 24.3 Å². The molecule has 148 valence electrons. The predicted molar refractivity (Wildman–Crippen MR) is 103 cm³/mol. The van der Waals surface area contributed by atoms with E-state index in [0.29, 0.717) is 23.8 Å². The Bertz CT molecular complexity index is 621.